The first kappa shape index (κ1) is 25.2. The quantitative estimate of drug-likeness (QED) is 0.342. The van der Waals surface area contributed by atoms with Gasteiger partial charge in [-0.15, -0.1) is 0 Å². The number of sulfonamides is 1. The molecule has 190 valence electrons. The van der Waals surface area contributed by atoms with Gasteiger partial charge in [0.05, 0.1) is 31.1 Å². The van der Waals surface area contributed by atoms with E-state index in [0.717, 1.165) is 28.8 Å². The number of nitrogens with zero attached hydrogens (tertiary/aromatic N) is 4. The molecular formula is C22H20F4N6O3S. The van der Waals surface area contributed by atoms with Gasteiger partial charge in [0.25, 0.3) is 0 Å². The molecule has 2 heterocycles. The minimum atomic E-state index is -3.80. The van der Waals surface area contributed by atoms with E-state index in [4.69, 9.17) is 0 Å². The number of nitrogens with one attached hydrogen (secondary N) is 2. The first-order chi connectivity index (χ1) is 16.9. The third kappa shape index (κ3) is 5.17. The second kappa shape index (κ2) is 9.60. The van der Waals surface area contributed by atoms with Crippen molar-refractivity contribution in [3.8, 4) is 0 Å². The van der Waals surface area contributed by atoms with Crippen molar-refractivity contribution in [3.63, 3.8) is 0 Å². The minimum absolute atomic E-state index is 0.0608. The van der Waals surface area contributed by atoms with Crippen LogP contribution in [-0.4, -0.2) is 44.1 Å². The molecule has 1 aromatic heterocycles. The summed E-state index contributed by atoms with van der Waals surface area (Å²) in [5, 5.41) is 5.48. The molecule has 36 heavy (non-hydrogen) atoms. The van der Waals surface area contributed by atoms with Crippen molar-refractivity contribution in [1.82, 2.24) is 9.97 Å². The van der Waals surface area contributed by atoms with Crippen LogP contribution in [0.15, 0.2) is 42.6 Å². The van der Waals surface area contributed by atoms with Gasteiger partial charge in [-0.05, 0) is 35.9 Å². The number of hydrogen-bond donors (Lipinski definition) is 2. The molecular weight excluding hydrogens is 504 g/mol. The van der Waals surface area contributed by atoms with Gasteiger partial charge in [0.2, 0.25) is 21.9 Å². The molecule has 3 aromatic rings. The molecule has 0 unspecified atom stereocenters. The van der Waals surface area contributed by atoms with E-state index < -0.39 is 40.6 Å². The molecule has 0 spiro atoms. The van der Waals surface area contributed by atoms with Crippen LogP contribution in [0, 0.1) is 11.6 Å². The Kier molecular flexibility index (Phi) is 6.71. The van der Waals surface area contributed by atoms with Crippen LogP contribution in [0.1, 0.15) is 11.1 Å². The molecule has 0 saturated heterocycles. The number of hydrogen-bond acceptors (Lipinski definition) is 7. The van der Waals surface area contributed by atoms with E-state index in [2.05, 4.69) is 20.6 Å². The predicted octanol–water partition coefficient (Wildman–Crippen LogP) is 3.62. The Hall–Kier alpha value is -3.94. The van der Waals surface area contributed by atoms with Crippen molar-refractivity contribution < 1.29 is 30.8 Å². The summed E-state index contributed by atoms with van der Waals surface area (Å²) in [6.45, 7) is -4.05. The van der Waals surface area contributed by atoms with Crippen molar-refractivity contribution in [3.05, 3.63) is 65.4 Å². The maximum atomic E-state index is 14.7. The summed E-state index contributed by atoms with van der Waals surface area (Å²) in [6.07, 6.45) is 1.67. The van der Waals surface area contributed by atoms with E-state index >= 15 is 0 Å². The fourth-order valence-corrected chi connectivity index (χ4v) is 4.23. The standard InChI is InChI=1S/C22H20F4N6O3S/c1-31(36(2,34)35)18-7-6-13(23)8-12(18)11-32(21(25)26)20-15(24)10-27-22(30-20)29-17-5-3-4-16-14(17)9-19(33)28-16/h3-8,10,21H,9,11H2,1-2H3,(H,28,33)(H,27,29,30). The summed E-state index contributed by atoms with van der Waals surface area (Å²) in [7, 11) is -2.62. The molecule has 0 aliphatic carbocycles. The lowest BCUT2D eigenvalue weighted by Gasteiger charge is -2.26. The lowest BCUT2D eigenvalue weighted by molar-refractivity contribution is -0.115. The summed E-state index contributed by atoms with van der Waals surface area (Å²) >= 11 is 0. The third-order valence-corrected chi connectivity index (χ3v) is 6.68. The number of halogens is 4. The summed E-state index contributed by atoms with van der Waals surface area (Å²) in [5.41, 5.74) is 1.40. The first-order valence-electron chi connectivity index (χ1n) is 10.4. The van der Waals surface area contributed by atoms with E-state index in [1.807, 2.05) is 0 Å². The monoisotopic (exact) mass is 524 g/mol. The number of alkyl halides is 2. The van der Waals surface area contributed by atoms with E-state index in [-0.39, 0.29) is 34.4 Å². The molecule has 9 nitrogen and oxygen atoms in total. The smallest absolute Gasteiger partial charge is 0.316 e. The van der Waals surface area contributed by atoms with Gasteiger partial charge in [-0.25, -0.2) is 22.2 Å². The average Bonchev–Trinajstić information content (AvgIpc) is 3.19. The zero-order valence-corrected chi connectivity index (χ0v) is 19.8. The number of carbonyl (C=O) groups is 1. The fourth-order valence-electron chi connectivity index (χ4n) is 3.69. The van der Waals surface area contributed by atoms with Crippen LogP contribution < -0.4 is 19.8 Å². The molecule has 2 aromatic carbocycles. The van der Waals surface area contributed by atoms with Crippen molar-refractivity contribution in [2.75, 3.05) is 33.1 Å². The Morgan fingerprint density at radius 2 is 1.94 bits per heavy atom. The van der Waals surface area contributed by atoms with Gasteiger partial charge in [-0.3, -0.25) is 14.0 Å². The SMILES string of the molecule is CN(c1ccc(F)cc1CN(c1nc(Nc2cccc3c2CC(=O)N3)ncc1F)C(F)F)S(C)(=O)=O. The van der Waals surface area contributed by atoms with Crippen LogP contribution in [0.5, 0.6) is 0 Å². The van der Waals surface area contributed by atoms with Crippen LogP contribution >= 0.6 is 0 Å². The Morgan fingerprint density at radius 1 is 1.19 bits per heavy atom. The number of carbonyl (C=O) groups excluding carboxylic acids is 1. The first-order valence-corrected chi connectivity index (χ1v) is 12.3. The van der Waals surface area contributed by atoms with Crippen LogP contribution in [0.2, 0.25) is 0 Å². The van der Waals surface area contributed by atoms with Gasteiger partial charge in [0.1, 0.15) is 5.82 Å². The summed E-state index contributed by atoms with van der Waals surface area (Å²) < 4.78 is 81.6. The van der Waals surface area contributed by atoms with Crippen LogP contribution in [0.4, 0.5) is 46.4 Å². The number of aromatic nitrogens is 2. The number of rotatable bonds is 8. The molecule has 2 N–H and O–H groups in total. The molecule has 0 saturated carbocycles. The van der Waals surface area contributed by atoms with E-state index in [1.165, 1.54) is 7.05 Å². The fraction of sp³-hybridized carbons (Fsp3) is 0.227. The van der Waals surface area contributed by atoms with E-state index in [9.17, 15) is 30.8 Å². The number of benzene rings is 2. The topological polar surface area (TPSA) is 108 Å². The highest BCUT2D eigenvalue weighted by atomic mass is 32.2. The van der Waals surface area contributed by atoms with Crippen LogP contribution in [0.25, 0.3) is 0 Å². The van der Waals surface area contributed by atoms with Gasteiger partial charge < -0.3 is 10.6 Å². The summed E-state index contributed by atoms with van der Waals surface area (Å²) in [4.78, 5) is 19.7. The molecule has 1 amide bonds. The van der Waals surface area contributed by atoms with Crippen molar-refractivity contribution in [1.29, 1.82) is 0 Å². The Labute approximate surface area is 203 Å². The molecule has 14 heteroatoms. The lowest BCUT2D eigenvalue weighted by Crippen LogP contribution is -2.32. The zero-order chi connectivity index (χ0) is 26.2. The average molecular weight is 525 g/mol. The van der Waals surface area contributed by atoms with Gasteiger partial charge in [0, 0.05) is 24.0 Å². The normalized spacial score (nSPS) is 12.9. The van der Waals surface area contributed by atoms with Crippen molar-refractivity contribution in [2.24, 2.45) is 0 Å². The van der Waals surface area contributed by atoms with E-state index in [1.54, 1.807) is 18.2 Å². The Bertz CT molecular complexity index is 1440. The second-order valence-electron chi connectivity index (χ2n) is 7.96. The summed E-state index contributed by atoms with van der Waals surface area (Å²) in [6, 6.07) is 7.96. The van der Waals surface area contributed by atoms with E-state index in [0.29, 0.717) is 23.1 Å². The highest BCUT2D eigenvalue weighted by molar-refractivity contribution is 7.92. The second-order valence-corrected chi connectivity index (χ2v) is 9.97. The molecule has 0 bridgehead atoms. The third-order valence-electron chi connectivity index (χ3n) is 5.49. The van der Waals surface area contributed by atoms with Gasteiger partial charge >= 0.3 is 6.55 Å². The van der Waals surface area contributed by atoms with Gasteiger partial charge in [-0.2, -0.15) is 13.8 Å². The Morgan fingerprint density at radius 3 is 2.64 bits per heavy atom. The molecule has 4 rings (SSSR count). The maximum absolute atomic E-state index is 14.7. The minimum Gasteiger partial charge on any atom is -0.325 e. The molecule has 1 aliphatic rings. The largest absolute Gasteiger partial charge is 0.325 e. The van der Waals surface area contributed by atoms with Crippen LogP contribution in [0.3, 0.4) is 0 Å². The number of fused-ring (bicyclic) bond motifs is 1. The van der Waals surface area contributed by atoms with Gasteiger partial charge in [0.15, 0.2) is 11.6 Å². The zero-order valence-electron chi connectivity index (χ0n) is 19.0. The van der Waals surface area contributed by atoms with Crippen molar-refractivity contribution in [2.45, 2.75) is 19.5 Å². The highest BCUT2D eigenvalue weighted by Crippen LogP contribution is 2.33. The summed E-state index contributed by atoms with van der Waals surface area (Å²) in [5.74, 6) is -3.21. The van der Waals surface area contributed by atoms with Crippen molar-refractivity contribution >= 4 is 44.8 Å². The number of amides is 1. The lowest BCUT2D eigenvalue weighted by atomic mass is 10.1. The van der Waals surface area contributed by atoms with Gasteiger partial charge in [-0.1, -0.05) is 6.07 Å². The maximum Gasteiger partial charge on any atom is 0.316 e. The molecule has 0 atom stereocenters. The highest BCUT2D eigenvalue weighted by Gasteiger charge is 2.27. The Balaban J connectivity index is 1.70. The molecule has 1 aliphatic heterocycles. The molecule has 0 fully saturated rings. The number of anilines is 5. The predicted molar refractivity (Wildman–Crippen MR) is 126 cm³/mol. The molecule has 0 radical (unpaired) electrons. The van der Waals surface area contributed by atoms with Crippen LogP contribution in [-0.2, 0) is 27.8 Å².